The van der Waals surface area contributed by atoms with E-state index in [2.05, 4.69) is 47.3 Å². The molecule has 0 saturated carbocycles. The fraction of sp³-hybridized carbons (Fsp3) is 0.286. The zero-order valence-electron chi connectivity index (χ0n) is 10.2. The van der Waals surface area contributed by atoms with E-state index in [4.69, 9.17) is 9.90 Å². The third-order valence-electron chi connectivity index (χ3n) is 2.36. The lowest BCUT2D eigenvalue weighted by Crippen LogP contribution is -2.25. The van der Waals surface area contributed by atoms with E-state index in [1.165, 1.54) is 24.0 Å². The molecule has 1 aliphatic rings. The molecule has 0 saturated heterocycles. The molecule has 90 valence electrons. The first kappa shape index (κ1) is 13.2. The second kappa shape index (κ2) is 6.63. The maximum Gasteiger partial charge on any atom is 0.169 e. The summed E-state index contributed by atoms with van der Waals surface area (Å²) in [7, 11) is 2.04. The van der Waals surface area contributed by atoms with Gasteiger partial charge in [-0.1, -0.05) is 18.2 Å². The minimum absolute atomic E-state index is 0.972. The summed E-state index contributed by atoms with van der Waals surface area (Å²) in [5.74, 6) is -1.08. The van der Waals surface area contributed by atoms with Crippen LogP contribution in [0.25, 0.3) is 5.57 Å². The summed E-state index contributed by atoms with van der Waals surface area (Å²) < 4.78 is 2.06. The summed E-state index contributed by atoms with van der Waals surface area (Å²) in [4.78, 5) is 8.89. The molecule has 0 aliphatic heterocycles. The van der Waals surface area contributed by atoms with Gasteiger partial charge in [0.05, 0.1) is 0 Å². The number of aromatic nitrogens is 1. The number of aliphatic carboxylic acids is 1. The van der Waals surface area contributed by atoms with Gasteiger partial charge in [0.1, 0.15) is 7.05 Å². The molecule has 17 heavy (non-hydrogen) atoms. The van der Waals surface area contributed by atoms with Crippen molar-refractivity contribution in [3.8, 4) is 0 Å². The maximum atomic E-state index is 8.89. The molecule has 1 aromatic heterocycles. The van der Waals surface area contributed by atoms with Crippen molar-refractivity contribution < 1.29 is 14.5 Å². The van der Waals surface area contributed by atoms with Crippen molar-refractivity contribution in [2.45, 2.75) is 19.8 Å². The van der Waals surface area contributed by atoms with Crippen molar-refractivity contribution in [1.29, 1.82) is 0 Å². The van der Waals surface area contributed by atoms with Crippen LogP contribution in [-0.4, -0.2) is 5.97 Å². The molecule has 0 amide bonds. The Bertz CT molecular complexity index is 426. The van der Waals surface area contributed by atoms with E-state index in [0.29, 0.717) is 0 Å². The van der Waals surface area contributed by atoms with Crippen LogP contribution in [0, 0.1) is 0 Å². The molecule has 1 aromatic rings. The van der Waals surface area contributed by atoms with E-state index in [1.54, 1.807) is 0 Å². The number of hydrogen-bond donors (Lipinski definition) is 0. The van der Waals surface area contributed by atoms with Crippen LogP contribution in [0.2, 0.25) is 0 Å². The molecule has 0 bridgehead atoms. The number of pyridine rings is 1. The Hall–Kier alpha value is -1.90. The summed E-state index contributed by atoms with van der Waals surface area (Å²) in [5.41, 5.74) is 2.80. The van der Waals surface area contributed by atoms with Gasteiger partial charge in [-0.15, -0.1) is 0 Å². The lowest BCUT2D eigenvalue weighted by atomic mass is 9.98. The molecule has 0 aromatic carbocycles. The Balaban J connectivity index is 0.000000317. The summed E-state index contributed by atoms with van der Waals surface area (Å²) in [6.07, 6.45) is 13.1. The molecule has 0 fully saturated rings. The Morgan fingerprint density at radius 1 is 1.35 bits per heavy atom. The standard InChI is InChI=1S/C12H14N.C2H4O2/c1-13-9-7-12(8-10-13)11-5-3-2-4-6-11;1-2(3)4/h2-3,5,7-10H,4,6H2,1H3;1H3,(H,3,4)/q+1;/p-1. The quantitative estimate of drug-likeness (QED) is 0.677. The van der Waals surface area contributed by atoms with Gasteiger partial charge < -0.3 is 9.90 Å². The number of carbonyl (C=O) groups excluding carboxylic acids is 1. The van der Waals surface area contributed by atoms with E-state index < -0.39 is 5.97 Å². The van der Waals surface area contributed by atoms with Gasteiger partial charge >= 0.3 is 0 Å². The lowest BCUT2D eigenvalue weighted by Gasteiger charge is -2.07. The lowest BCUT2D eigenvalue weighted by molar-refractivity contribution is -0.671. The molecule has 3 heteroatoms. The SMILES string of the molecule is CC(=O)[O-].C[n+]1ccc(C2=CC=CCC2)cc1. The minimum Gasteiger partial charge on any atom is -0.550 e. The van der Waals surface area contributed by atoms with Crippen LogP contribution in [-0.2, 0) is 11.8 Å². The summed E-state index contributed by atoms with van der Waals surface area (Å²) in [6.45, 7) is 0.972. The van der Waals surface area contributed by atoms with E-state index in [-0.39, 0.29) is 0 Å². The Morgan fingerprint density at radius 3 is 2.41 bits per heavy atom. The number of nitrogens with zero attached hydrogens (tertiary/aromatic N) is 1. The van der Waals surface area contributed by atoms with Crippen molar-refractivity contribution in [3.05, 3.63) is 48.3 Å². The van der Waals surface area contributed by atoms with Gasteiger partial charge in [-0.05, 0) is 30.9 Å². The van der Waals surface area contributed by atoms with Crippen LogP contribution >= 0.6 is 0 Å². The second-order valence-electron chi connectivity index (χ2n) is 3.90. The number of carboxylic acids is 1. The van der Waals surface area contributed by atoms with E-state index in [9.17, 15) is 0 Å². The van der Waals surface area contributed by atoms with Crippen molar-refractivity contribution in [2.24, 2.45) is 7.05 Å². The largest absolute Gasteiger partial charge is 0.550 e. The monoisotopic (exact) mass is 231 g/mol. The van der Waals surface area contributed by atoms with E-state index in [1.807, 2.05) is 7.05 Å². The Morgan fingerprint density at radius 2 is 1.94 bits per heavy atom. The average molecular weight is 231 g/mol. The summed E-state index contributed by atoms with van der Waals surface area (Å²) >= 11 is 0. The van der Waals surface area contributed by atoms with Crippen molar-refractivity contribution >= 4 is 11.5 Å². The fourth-order valence-electron chi connectivity index (χ4n) is 1.56. The topological polar surface area (TPSA) is 44.0 Å². The Kier molecular flexibility index (Phi) is 5.14. The van der Waals surface area contributed by atoms with Gasteiger partial charge in [0.25, 0.3) is 0 Å². The molecule has 1 heterocycles. The van der Waals surface area contributed by atoms with Gasteiger partial charge in [-0.2, -0.15) is 0 Å². The molecule has 0 N–H and O–H groups in total. The zero-order chi connectivity index (χ0) is 12.7. The van der Waals surface area contributed by atoms with Crippen LogP contribution in [0.3, 0.4) is 0 Å². The highest BCUT2D eigenvalue weighted by atomic mass is 16.4. The smallest absolute Gasteiger partial charge is 0.169 e. The van der Waals surface area contributed by atoms with Gasteiger partial charge in [-0.25, -0.2) is 4.57 Å². The van der Waals surface area contributed by atoms with Crippen molar-refractivity contribution in [3.63, 3.8) is 0 Å². The van der Waals surface area contributed by atoms with Gasteiger partial charge in [0.15, 0.2) is 12.4 Å². The van der Waals surface area contributed by atoms with E-state index in [0.717, 1.165) is 6.92 Å². The third-order valence-corrected chi connectivity index (χ3v) is 2.36. The maximum absolute atomic E-state index is 8.89. The van der Waals surface area contributed by atoms with Gasteiger partial charge in [0.2, 0.25) is 0 Å². The number of hydrogen-bond acceptors (Lipinski definition) is 2. The molecule has 0 spiro atoms. The summed E-state index contributed by atoms with van der Waals surface area (Å²) in [5, 5.41) is 8.89. The zero-order valence-corrected chi connectivity index (χ0v) is 10.2. The molecular weight excluding hydrogens is 214 g/mol. The first-order chi connectivity index (χ1) is 8.09. The first-order valence-electron chi connectivity index (χ1n) is 5.58. The van der Waals surface area contributed by atoms with Crippen LogP contribution in [0.5, 0.6) is 0 Å². The molecule has 0 unspecified atom stereocenters. The highest BCUT2D eigenvalue weighted by molar-refractivity contribution is 5.67. The van der Waals surface area contributed by atoms with Gasteiger partial charge in [-0.3, -0.25) is 0 Å². The highest BCUT2D eigenvalue weighted by Gasteiger charge is 2.03. The molecular formula is C14H17NO2. The van der Waals surface area contributed by atoms with Crippen LogP contribution in [0.4, 0.5) is 0 Å². The van der Waals surface area contributed by atoms with Crippen LogP contribution in [0.1, 0.15) is 25.3 Å². The second-order valence-corrected chi connectivity index (χ2v) is 3.90. The molecule has 0 radical (unpaired) electrons. The number of carbonyl (C=O) groups is 1. The molecule has 1 aliphatic carbocycles. The predicted molar refractivity (Wildman–Crippen MR) is 64.7 cm³/mol. The number of aryl methyl sites for hydroxylation is 1. The molecule has 2 rings (SSSR count). The number of rotatable bonds is 1. The minimum atomic E-state index is -1.08. The first-order valence-corrected chi connectivity index (χ1v) is 5.58. The molecule has 0 atom stereocenters. The number of allylic oxidation sites excluding steroid dienone is 4. The van der Waals surface area contributed by atoms with Crippen LogP contribution < -0.4 is 9.67 Å². The van der Waals surface area contributed by atoms with Crippen molar-refractivity contribution in [2.75, 3.05) is 0 Å². The molecule has 3 nitrogen and oxygen atoms in total. The summed E-state index contributed by atoms with van der Waals surface area (Å²) in [6, 6.07) is 4.34. The Labute approximate surface area is 102 Å². The highest BCUT2D eigenvalue weighted by Crippen LogP contribution is 2.21. The third kappa shape index (κ3) is 5.11. The fourth-order valence-corrected chi connectivity index (χ4v) is 1.56. The average Bonchev–Trinajstić information content (AvgIpc) is 2.30. The van der Waals surface area contributed by atoms with Gasteiger partial charge in [0, 0.05) is 18.1 Å². The predicted octanol–water partition coefficient (Wildman–Crippen LogP) is 1.00. The van der Waals surface area contributed by atoms with Crippen molar-refractivity contribution in [1.82, 2.24) is 0 Å². The number of carboxylic acid groups (broad SMARTS) is 1. The van der Waals surface area contributed by atoms with Crippen LogP contribution in [0.15, 0.2) is 42.8 Å². The normalized spacial score (nSPS) is 13.4. The van der Waals surface area contributed by atoms with E-state index >= 15 is 0 Å².